The molecular weight excluding hydrogens is 476 g/mol. The zero-order valence-corrected chi connectivity index (χ0v) is 20.8. The van der Waals surface area contributed by atoms with Gasteiger partial charge in [0.1, 0.15) is 18.1 Å². The van der Waals surface area contributed by atoms with Crippen molar-refractivity contribution in [3.8, 4) is 11.5 Å². The number of halogens is 1. The van der Waals surface area contributed by atoms with Crippen molar-refractivity contribution in [1.82, 2.24) is 4.31 Å². The average Bonchev–Trinajstić information content (AvgIpc) is 2.84. The Morgan fingerprint density at radius 2 is 1.65 bits per heavy atom. The maximum Gasteiger partial charge on any atom is 0.259 e. The van der Waals surface area contributed by atoms with E-state index in [2.05, 4.69) is 5.32 Å². The van der Waals surface area contributed by atoms with Crippen LogP contribution in [0.1, 0.15) is 29.8 Å². The number of carbonyl (C=O) groups is 1. The molecule has 180 valence electrons. The third kappa shape index (κ3) is 5.88. The van der Waals surface area contributed by atoms with E-state index in [0.717, 1.165) is 5.56 Å². The number of hydrogen-bond acceptors (Lipinski definition) is 5. The van der Waals surface area contributed by atoms with Crippen LogP contribution in [0.15, 0.2) is 71.6 Å². The van der Waals surface area contributed by atoms with Gasteiger partial charge in [-0.15, -0.1) is 0 Å². The first-order chi connectivity index (χ1) is 16.3. The number of carbonyl (C=O) groups excluding carboxylic acids is 1. The van der Waals surface area contributed by atoms with Gasteiger partial charge >= 0.3 is 0 Å². The van der Waals surface area contributed by atoms with Crippen LogP contribution >= 0.6 is 11.6 Å². The summed E-state index contributed by atoms with van der Waals surface area (Å²) < 4.78 is 38.5. The number of hydrogen-bond donors (Lipinski definition) is 1. The summed E-state index contributed by atoms with van der Waals surface area (Å²) >= 11 is 5.93. The summed E-state index contributed by atoms with van der Waals surface area (Å²) in [5.74, 6) is 0.273. The number of benzene rings is 3. The van der Waals surface area contributed by atoms with Gasteiger partial charge in [0.2, 0.25) is 10.0 Å². The number of anilines is 1. The van der Waals surface area contributed by atoms with Crippen LogP contribution < -0.4 is 14.8 Å². The molecule has 0 fully saturated rings. The first-order valence-corrected chi connectivity index (χ1v) is 12.6. The summed E-state index contributed by atoms with van der Waals surface area (Å²) in [6.07, 6.45) is 0. The fraction of sp³-hybridized carbons (Fsp3) is 0.240. The molecule has 0 saturated heterocycles. The number of rotatable bonds is 10. The van der Waals surface area contributed by atoms with E-state index in [1.165, 1.54) is 29.6 Å². The second-order valence-electron chi connectivity index (χ2n) is 7.32. The molecule has 1 N–H and O–H groups in total. The molecule has 34 heavy (non-hydrogen) atoms. The molecule has 3 rings (SSSR count). The van der Waals surface area contributed by atoms with Crippen molar-refractivity contribution in [2.45, 2.75) is 25.3 Å². The number of ether oxygens (including phenoxy) is 2. The van der Waals surface area contributed by atoms with Crippen LogP contribution in [0.5, 0.6) is 11.5 Å². The van der Waals surface area contributed by atoms with Gasteiger partial charge in [0.05, 0.1) is 23.3 Å². The first kappa shape index (κ1) is 25.6. The molecule has 7 nitrogen and oxygen atoms in total. The summed E-state index contributed by atoms with van der Waals surface area (Å²) in [5.41, 5.74) is 1.44. The summed E-state index contributed by atoms with van der Waals surface area (Å²) in [6.45, 7) is 4.47. The van der Waals surface area contributed by atoms with Gasteiger partial charge in [0.15, 0.2) is 0 Å². The Kier molecular flexibility index (Phi) is 8.55. The molecule has 0 spiro atoms. The number of amides is 1. The predicted octanol–water partition coefficient (Wildman–Crippen LogP) is 5.21. The lowest BCUT2D eigenvalue weighted by atomic mass is 10.1. The molecule has 0 heterocycles. The molecule has 0 saturated carbocycles. The second-order valence-corrected chi connectivity index (χ2v) is 9.69. The Balaban J connectivity index is 1.86. The maximum absolute atomic E-state index is 13.1. The first-order valence-electron chi connectivity index (χ1n) is 10.8. The second kappa shape index (κ2) is 11.4. The summed E-state index contributed by atoms with van der Waals surface area (Å²) in [4.78, 5) is 13.2. The minimum atomic E-state index is -3.71. The van der Waals surface area contributed by atoms with Crippen LogP contribution in [0, 0.1) is 0 Å². The Labute approximate surface area is 205 Å². The van der Waals surface area contributed by atoms with Crippen molar-refractivity contribution in [1.29, 1.82) is 0 Å². The number of sulfonamides is 1. The van der Waals surface area contributed by atoms with Crippen LogP contribution in [0.25, 0.3) is 0 Å². The van der Waals surface area contributed by atoms with Crippen LogP contribution in [-0.4, -0.2) is 38.8 Å². The van der Waals surface area contributed by atoms with E-state index in [-0.39, 0.29) is 17.2 Å². The molecule has 0 aliphatic rings. The van der Waals surface area contributed by atoms with Gasteiger partial charge in [-0.3, -0.25) is 4.79 Å². The molecule has 3 aromatic rings. The smallest absolute Gasteiger partial charge is 0.259 e. The van der Waals surface area contributed by atoms with Gasteiger partial charge in [-0.2, -0.15) is 4.31 Å². The zero-order valence-electron chi connectivity index (χ0n) is 19.2. The fourth-order valence-corrected chi connectivity index (χ4v) is 4.98. The van der Waals surface area contributed by atoms with Crippen LogP contribution in [-0.2, 0) is 16.6 Å². The number of nitrogens with one attached hydrogen (secondary N) is 1. The Morgan fingerprint density at radius 1 is 0.971 bits per heavy atom. The lowest BCUT2D eigenvalue weighted by molar-refractivity contribution is 0.102. The number of methoxy groups -OCH3 is 1. The van der Waals surface area contributed by atoms with E-state index in [0.29, 0.717) is 35.2 Å². The lowest BCUT2D eigenvalue weighted by Crippen LogP contribution is -2.30. The maximum atomic E-state index is 13.1. The molecule has 0 aromatic heterocycles. The van der Waals surface area contributed by atoms with Crippen molar-refractivity contribution < 1.29 is 22.7 Å². The topological polar surface area (TPSA) is 84.9 Å². The monoisotopic (exact) mass is 502 g/mol. The number of nitrogens with zero attached hydrogens (tertiary/aromatic N) is 1. The van der Waals surface area contributed by atoms with E-state index in [4.69, 9.17) is 21.1 Å². The van der Waals surface area contributed by atoms with Gasteiger partial charge in [-0.25, -0.2) is 8.42 Å². The van der Waals surface area contributed by atoms with E-state index < -0.39 is 15.9 Å². The Morgan fingerprint density at radius 3 is 2.29 bits per heavy atom. The van der Waals surface area contributed by atoms with Crippen molar-refractivity contribution >= 4 is 33.2 Å². The molecule has 0 bridgehead atoms. The standard InChI is InChI=1S/C25H27ClN2O5S/c1-4-28(5-2)34(30,31)20-14-15-24(32-3)22(16-20)27-25(29)21-8-6-7-9-23(21)33-17-18-10-12-19(26)13-11-18/h6-16H,4-5,17H2,1-3H3,(H,27,29). The quantitative estimate of drug-likeness (QED) is 0.411. The highest BCUT2D eigenvalue weighted by Gasteiger charge is 2.24. The number of para-hydroxylation sites is 1. The van der Waals surface area contributed by atoms with E-state index in [1.54, 1.807) is 50.2 Å². The van der Waals surface area contributed by atoms with Crippen molar-refractivity contribution in [3.05, 3.63) is 82.9 Å². The fourth-order valence-electron chi connectivity index (χ4n) is 3.37. The molecule has 1 amide bonds. The van der Waals surface area contributed by atoms with Gasteiger partial charge < -0.3 is 14.8 Å². The minimum Gasteiger partial charge on any atom is -0.495 e. The molecule has 3 aromatic carbocycles. The molecule has 0 unspecified atom stereocenters. The highest BCUT2D eigenvalue weighted by molar-refractivity contribution is 7.89. The lowest BCUT2D eigenvalue weighted by Gasteiger charge is -2.20. The van der Waals surface area contributed by atoms with E-state index in [9.17, 15) is 13.2 Å². The predicted molar refractivity (Wildman–Crippen MR) is 133 cm³/mol. The highest BCUT2D eigenvalue weighted by atomic mass is 35.5. The summed E-state index contributed by atoms with van der Waals surface area (Å²) in [5, 5.41) is 3.39. The van der Waals surface area contributed by atoms with Crippen LogP contribution in [0.2, 0.25) is 5.02 Å². The van der Waals surface area contributed by atoms with Gasteiger partial charge in [0, 0.05) is 18.1 Å². The van der Waals surface area contributed by atoms with Crippen molar-refractivity contribution in [2.75, 3.05) is 25.5 Å². The Hall–Kier alpha value is -3.07. The zero-order chi connectivity index (χ0) is 24.7. The molecule has 0 atom stereocenters. The molecule has 0 aliphatic heterocycles. The van der Waals surface area contributed by atoms with Gasteiger partial charge in [-0.1, -0.05) is 49.7 Å². The molecular formula is C25H27ClN2O5S. The minimum absolute atomic E-state index is 0.0690. The van der Waals surface area contributed by atoms with Gasteiger partial charge in [-0.05, 0) is 48.0 Å². The normalized spacial score (nSPS) is 11.3. The molecule has 0 aliphatic carbocycles. The average molecular weight is 503 g/mol. The van der Waals surface area contributed by atoms with E-state index in [1.807, 2.05) is 12.1 Å². The highest BCUT2D eigenvalue weighted by Crippen LogP contribution is 2.30. The third-order valence-corrected chi connectivity index (χ3v) is 7.50. The summed E-state index contributed by atoms with van der Waals surface area (Å²) in [6, 6.07) is 18.4. The van der Waals surface area contributed by atoms with Crippen molar-refractivity contribution in [3.63, 3.8) is 0 Å². The molecule has 9 heteroatoms. The van der Waals surface area contributed by atoms with Crippen LogP contribution in [0.3, 0.4) is 0 Å². The third-order valence-electron chi connectivity index (χ3n) is 5.20. The molecule has 0 radical (unpaired) electrons. The SMILES string of the molecule is CCN(CC)S(=O)(=O)c1ccc(OC)c(NC(=O)c2ccccc2OCc2ccc(Cl)cc2)c1. The van der Waals surface area contributed by atoms with Crippen molar-refractivity contribution in [2.24, 2.45) is 0 Å². The van der Waals surface area contributed by atoms with Gasteiger partial charge in [0.25, 0.3) is 5.91 Å². The summed E-state index contributed by atoms with van der Waals surface area (Å²) in [7, 11) is -2.26. The largest absolute Gasteiger partial charge is 0.495 e. The van der Waals surface area contributed by atoms with Crippen LogP contribution in [0.4, 0.5) is 5.69 Å². The van der Waals surface area contributed by atoms with E-state index >= 15 is 0 Å². The Bertz CT molecular complexity index is 1240.